The Morgan fingerprint density at radius 3 is 2.19 bits per heavy atom. The molecule has 0 unspecified atom stereocenters. The quantitative estimate of drug-likeness (QED) is 0.483. The summed E-state index contributed by atoms with van der Waals surface area (Å²) < 4.78 is 26.6. The van der Waals surface area contributed by atoms with Crippen molar-refractivity contribution in [1.29, 1.82) is 0 Å². The Hall–Kier alpha value is -2.56. The molecule has 4 amide bonds. The number of carbonyl (C=O) groups is 3. The highest BCUT2D eigenvalue weighted by molar-refractivity contribution is 7.92. The van der Waals surface area contributed by atoms with E-state index in [1.165, 1.54) is 9.71 Å². The highest BCUT2D eigenvalue weighted by atomic mass is 32.2. The van der Waals surface area contributed by atoms with E-state index in [0.29, 0.717) is 13.1 Å². The van der Waals surface area contributed by atoms with Gasteiger partial charge in [-0.25, -0.2) is 18.1 Å². The number of rotatable bonds is 6. The number of sulfonamides is 1. The van der Waals surface area contributed by atoms with E-state index in [0.717, 1.165) is 41.0 Å². The maximum absolute atomic E-state index is 12.7. The third kappa shape index (κ3) is 4.56. The fraction of sp³-hybridized carbons (Fsp3) is 0.476. The van der Waals surface area contributed by atoms with E-state index in [2.05, 4.69) is 0 Å². The van der Waals surface area contributed by atoms with Crippen molar-refractivity contribution in [3.05, 3.63) is 41.3 Å². The largest absolute Gasteiger partial charge is 0.335 e. The number of nitrogens with zero attached hydrogens (tertiary/aromatic N) is 4. The Bertz CT molecular complexity index is 980. The molecule has 0 spiro atoms. The van der Waals surface area contributed by atoms with Crippen molar-refractivity contribution < 1.29 is 22.8 Å². The lowest BCUT2D eigenvalue weighted by Gasteiger charge is -2.34. The van der Waals surface area contributed by atoms with Crippen molar-refractivity contribution in [2.45, 2.75) is 31.7 Å². The van der Waals surface area contributed by atoms with Gasteiger partial charge in [0.15, 0.2) is 0 Å². The molecule has 0 atom stereocenters. The van der Waals surface area contributed by atoms with E-state index in [1.54, 1.807) is 6.08 Å². The predicted octanol–water partition coefficient (Wildman–Crippen LogP) is 1.30. The minimum Gasteiger partial charge on any atom is -0.283 e. The normalized spacial score (nSPS) is 22.4. The molecule has 0 aromatic heterocycles. The van der Waals surface area contributed by atoms with E-state index in [4.69, 9.17) is 0 Å². The number of benzene rings is 1. The number of hydrogen-bond acceptors (Lipinski definition) is 6. The van der Waals surface area contributed by atoms with E-state index < -0.39 is 27.9 Å². The van der Waals surface area contributed by atoms with Gasteiger partial charge in [-0.15, -0.1) is 0 Å². The first-order valence-corrected chi connectivity index (χ1v) is 12.0. The number of imide groups is 2. The van der Waals surface area contributed by atoms with Crippen LogP contribution < -0.4 is 0 Å². The van der Waals surface area contributed by atoms with Crippen molar-refractivity contribution >= 4 is 33.9 Å². The number of hydrogen-bond donors (Lipinski definition) is 0. The van der Waals surface area contributed by atoms with Crippen molar-refractivity contribution in [3.63, 3.8) is 0 Å². The van der Waals surface area contributed by atoms with Crippen molar-refractivity contribution in [3.8, 4) is 0 Å². The molecule has 1 saturated carbocycles. The molecule has 3 fully saturated rings. The number of urea groups is 1. The maximum atomic E-state index is 12.7. The highest BCUT2D eigenvalue weighted by Gasteiger charge is 2.48. The molecule has 1 aromatic rings. The maximum Gasteiger partial charge on any atom is 0.335 e. The molecule has 9 nitrogen and oxygen atoms in total. The molecule has 10 heteroatoms. The molecular weight excluding hydrogens is 420 g/mol. The summed E-state index contributed by atoms with van der Waals surface area (Å²) >= 11 is 0. The third-order valence-corrected chi connectivity index (χ3v) is 7.60. The van der Waals surface area contributed by atoms with Gasteiger partial charge in [0.25, 0.3) is 0 Å². The molecule has 1 aromatic carbocycles. The smallest absolute Gasteiger partial charge is 0.283 e. The average molecular weight is 447 g/mol. The molecule has 4 rings (SSSR count). The summed E-state index contributed by atoms with van der Waals surface area (Å²) in [6.07, 6.45) is 4.94. The van der Waals surface area contributed by atoms with Gasteiger partial charge in [-0.2, -0.15) is 4.31 Å². The molecule has 0 bridgehead atoms. The molecule has 3 aliphatic rings. The van der Waals surface area contributed by atoms with Crippen LogP contribution in [0.5, 0.6) is 0 Å². The Morgan fingerprint density at radius 2 is 1.55 bits per heavy atom. The van der Waals surface area contributed by atoms with E-state index in [9.17, 15) is 22.8 Å². The van der Waals surface area contributed by atoms with Crippen molar-refractivity contribution in [2.24, 2.45) is 0 Å². The highest BCUT2D eigenvalue weighted by Crippen LogP contribution is 2.28. The second-order valence-corrected chi connectivity index (χ2v) is 9.86. The zero-order chi connectivity index (χ0) is 22.0. The van der Waals surface area contributed by atoms with E-state index >= 15 is 0 Å². The Labute approximate surface area is 181 Å². The Kier molecular flexibility index (Phi) is 6.22. The summed E-state index contributed by atoms with van der Waals surface area (Å²) in [6.45, 7) is 1.23. The van der Waals surface area contributed by atoms with Gasteiger partial charge >= 0.3 is 17.8 Å². The van der Waals surface area contributed by atoms with Gasteiger partial charge in [0.2, 0.25) is 10.0 Å². The van der Waals surface area contributed by atoms with Crippen LogP contribution in [0.1, 0.15) is 31.2 Å². The predicted molar refractivity (Wildman–Crippen MR) is 114 cm³/mol. The lowest BCUT2D eigenvalue weighted by molar-refractivity contribution is -0.144. The molecule has 1 aliphatic carbocycles. The van der Waals surface area contributed by atoms with Crippen LogP contribution in [-0.2, 0) is 19.6 Å². The monoisotopic (exact) mass is 446 g/mol. The summed E-state index contributed by atoms with van der Waals surface area (Å²) in [7, 11) is -3.57. The molecular formula is C21H26N4O5S. The van der Waals surface area contributed by atoms with E-state index in [-0.39, 0.29) is 25.8 Å². The number of carbonyl (C=O) groups excluding carboxylic acids is 3. The summed E-state index contributed by atoms with van der Waals surface area (Å²) in [5.74, 6) is -1.54. The van der Waals surface area contributed by atoms with Crippen LogP contribution >= 0.6 is 0 Å². The number of piperazine rings is 1. The van der Waals surface area contributed by atoms with Crippen LogP contribution in [0.4, 0.5) is 4.79 Å². The van der Waals surface area contributed by atoms with Gasteiger partial charge in [0.1, 0.15) is 0 Å². The molecule has 31 heavy (non-hydrogen) atoms. The molecule has 2 aliphatic heterocycles. The van der Waals surface area contributed by atoms with Gasteiger partial charge in [-0.1, -0.05) is 43.2 Å². The Morgan fingerprint density at radius 1 is 0.903 bits per heavy atom. The van der Waals surface area contributed by atoms with Gasteiger partial charge in [0, 0.05) is 37.6 Å². The van der Waals surface area contributed by atoms with Crippen LogP contribution in [0, 0.1) is 0 Å². The SMILES string of the molecule is O=C1C(=O)N(C2CCCC2)C(=O)N1CN1CCN(S(=O)(=O)/C=C/c2ccccc2)CC1. The second-order valence-electron chi connectivity index (χ2n) is 8.05. The topological polar surface area (TPSA) is 98.3 Å². The summed E-state index contributed by atoms with van der Waals surface area (Å²) in [5.41, 5.74) is 0.798. The molecule has 2 heterocycles. The standard InChI is InChI=1S/C21H26N4O5S/c26-19-20(27)25(18-8-4-5-9-18)21(28)24(19)16-22-11-13-23(14-12-22)31(29,30)15-10-17-6-2-1-3-7-17/h1-3,6-7,10,15,18H,4-5,8-9,11-14,16H2/b15-10+. The zero-order valence-corrected chi connectivity index (χ0v) is 18.0. The molecule has 0 radical (unpaired) electrons. The minimum atomic E-state index is -3.57. The first-order chi connectivity index (χ1) is 14.9. The molecule has 2 saturated heterocycles. The van der Waals surface area contributed by atoms with Gasteiger partial charge in [-0.05, 0) is 24.5 Å². The van der Waals surface area contributed by atoms with Crippen LogP contribution in [0.15, 0.2) is 35.7 Å². The van der Waals surface area contributed by atoms with Crippen LogP contribution in [0.3, 0.4) is 0 Å². The van der Waals surface area contributed by atoms with E-state index in [1.807, 2.05) is 35.2 Å². The van der Waals surface area contributed by atoms with Crippen LogP contribution in [0.25, 0.3) is 6.08 Å². The average Bonchev–Trinajstić information content (AvgIpc) is 3.37. The lowest BCUT2D eigenvalue weighted by atomic mass is 10.2. The molecule has 0 N–H and O–H groups in total. The van der Waals surface area contributed by atoms with Gasteiger partial charge < -0.3 is 0 Å². The Balaban J connectivity index is 1.34. The fourth-order valence-corrected chi connectivity index (χ4v) is 5.45. The van der Waals surface area contributed by atoms with Gasteiger partial charge in [-0.3, -0.25) is 19.4 Å². The van der Waals surface area contributed by atoms with Crippen molar-refractivity contribution in [1.82, 2.24) is 19.0 Å². The van der Waals surface area contributed by atoms with Crippen molar-refractivity contribution in [2.75, 3.05) is 32.8 Å². The summed E-state index contributed by atoms with van der Waals surface area (Å²) in [6, 6.07) is 8.44. The first-order valence-electron chi connectivity index (χ1n) is 10.5. The fourth-order valence-electron chi connectivity index (χ4n) is 4.27. The zero-order valence-electron chi connectivity index (χ0n) is 17.2. The van der Waals surface area contributed by atoms with Crippen LogP contribution in [-0.4, -0.2) is 84.2 Å². The number of amides is 4. The molecule has 166 valence electrons. The minimum absolute atomic E-state index is 0.000366. The summed E-state index contributed by atoms with van der Waals surface area (Å²) in [4.78, 5) is 41.3. The van der Waals surface area contributed by atoms with Gasteiger partial charge in [0.05, 0.1) is 6.67 Å². The first kappa shape index (κ1) is 21.7. The second kappa shape index (κ2) is 8.89. The van der Waals surface area contributed by atoms with Crippen LogP contribution in [0.2, 0.25) is 0 Å². The third-order valence-electron chi connectivity index (χ3n) is 6.04. The summed E-state index contributed by atoms with van der Waals surface area (Å²) in [5, 5.41) is 1.20. The lowest BCUT2D eigenvalue weighted by Crippen LogP contribution is -2.52.